The van der Waals surface area contributed by atoms with Crippen molar-refractivity contribution in [3.63, 3.8) is 0 Å². The van der Waals surface area contributed by atoms with E-state index in [1.165, 1.54) is 38.5 Å². The van der Waals surface area contributed by atoms with Gasteiger partial charge in [-0.1, -0.05) is 58.4 Å². The van der Waals surface area contributed by atoms with Crippen molar-refractivity contribution in [2.45, 2.75) is 65.2 Å². The van der Waals surface area contributed by atoms with Crippen LogP contribution in [0.3, 0.4) is 0 Å². The topological polar surface area (TPSA) is 36.3 Å². The average Bonchev–Trinajstić information content (AvgIpc) is 2.56. The lowest BCUT2D eigenvalue weighted by Gasteiger charge is -2.24. The molecule has 0 bridgehead atoms. The molecule has 0 fully saturated rings. The molecular formula is C19H30N2O. The molecule has 0 aliphatic carbocycles. The van der Waals surface area contributed by atoms with Crippen molar-refractivity contribution in [1.82, 2.24) is 0 Å². The molecule has 0 aliphatic heterocycles. The Kier molecular flexibility index (Phi) is 10.1. The van der Waals surface area contributed by atoms with Crippen molar-refractivity contribution in [2.24, 2.45) is 0 Å². The Morgan fingerprint density at radius 1 is 1.00 bits per heavy atom. The average molecular weight is 302 g/mol. The Hall–Kier alpha value is -1.53. The number of benzene rings is 1. The third-order valence-corrected chi connectivity index (χ3v) is 3.72. The van der Waals surface area contributed by atoms with Crippen LogP contribution in [0, 0.1) is 11.3 Å². The van der Waals surface area contributed by atoms with Gasteiger partial charge in [0.15, 0.2) is 0 Å². The third-order valence-electron chi connectivity index (χ3n) is 3.72. The summed E-state index contributed by atoms with van der Waals surface area (Å²) >= 11 is 0. The number of rotatable bonds is 12. The van der Waals surface area contributed by atoms with E-state index >= 15 is 0 Å². The molecule has 0 amide bonds. The normalized spacial score (nSPS) is 10.4. The molecule has 22 heavy (non-hydrogen) atoms. The van der Waals surface area contributed by atoms with Crippen LogP contribution in [0.4, 0.5) is 5.69 Å². The second-order valence-corrected chi connectivity index (χ2v) is 5.72. The molecule has 0 heterocycles. The van der Waals surface area contributed by atoms with E-state index in [0.29, 0.717) is 5.56 Å². The van der Waals surface area contributed by atoms with Gasteiger partial charge in [-0.25, -0.2) is 0 Å². The monoisotopic (exact) mass is 302 g/mol. The molecule has 0 N–H and O–H groups in total. The lowest BCUT2D eigenvalue weighted by molar-refractivity contribution is 0.103. The first kappa shape index (κ1) is 18.5. The molecule has 3 heteroatoms. The second-order valence-electron chi connectivity index (χ2n) is 5.72. The molecule has 1 rings (SSSR count). The molecule has 0 aliphatic rings. The first-order valence-corrected chi connectivity index (χ1v) is 8.72. The minimum atomic E-state index is 0.686. The molecule has 3 nitrogen and oxygen atoms in total. The standard InChI is InChI=1S/C19H30N2O/c1-3-5-7-9-14-21(22-15-10-8-6-4-2)19-13-11-12-18(16-19)17-20/h11-13,16H,3-10,14-15H2,1-2H3. The highest BCUT2D eigenvalue weighted by atomic mass is 16.7. The van der Waals surface area contributed by atoms with Crippen LogP contribution in [0.2, 0.25) is 0 Å². The van der Waals surface area contributed by atoms with E-state index in [9.17, 15) is 0 Å². The van der Waals surface area contributed by atoms with Gasteiger partial charge in [-0.3, -0.25) is 9.90 Å². The summed E-state index contributed by atoms with van der Waals surface area (Å²) in [5, 5.41) is 11.0. The number of hydroxylamine groups is 1. The fourth-order valence-corrected chi connectivity index (χ4v) is 2.38. The molecule has 0 saturated heterocycles. The highest BCUT2D eigenvalue weighted by molar-refractivity contribution is 5.49. The van der Waals surface area contributed by atoms with E-state index in [1.807, 2.05) is 29.3 Å². The van der Waals surface area contributed by atoms with Gasteiger partial charge in [-0.2, -0.15) is 5.26 Å². The van der Waals surface area contributed by atoms with Crippen molar-refractivity contribution < 1.29 is 4.84 Å². The van der Waals surface area contributed by atoms with Gasteiger partial charge in [-0.15, -0.1) is 0 Å². The van der Waals surface area contributed by atoms with Crippen LogP contribution in [-0.2, 0) is 4.84 Å². The van der Waals surface area contributed by atoms with Crippen LogP contribution in [0.5, 0.6) is 0 Å². The minimum absolute atomic E-state index is 0.686. The summed E-state index contributed by atoms with van der Waals surface area (Å²) in [5.41, 5.74) is 1.68. The molecule has 122 valence electrons. The minimum Gasteiger partial charge on any atom is -0.273 e. The smallest absolute Gasteiger partial charge is 0.0992 e. The molecule has 0 aromatic heterocycles. The van der Waals surface area contributed by atoms with Gasteiger partial charge in [0.1, 0.15) is 0 Å². The second kappa shape index (κ2) is 12.1. The molecule has 1 aromatic carbocycles. The summed E-state index contributed by atoms with van der Waals surface area (Å²) < 4.78 is 0. The Morgan fingerprint density at radius 3 is 2.41 bits per heavy atom. The number of anilines is 1. The van der Waals surface area contributed by atoms with E-state index in [0.717, 1.165) is 31.7 Å². The summed E-state index contributed by atoms with van der Waals surface area (Å²) in [6, 6.07) is 9.89. The summed E-state index contributed by atoms with van der Waals surface area (Å²) in [5.74, 6) is 0. The summed E-state index contributed by atoms with van der Waals surface area (Å²) in [4.78, 5) is 5.98. The molecule has 0 saturated carbocycles. The zero-order valence-electron chi connectivity index (χ0n) is 14.2. The largest absolute Gasteiger partial charge is 0.273 e. The van der Waals surface area contributed by atoms with Gasteiger partial charge in [0.2, 0.25) is 0 Å². The molecule has 0 spiro atoms. The lowest BCUT2D eigenvalue weighted by atomic mass is 10.2. The number of nitriles is 1. The van der Waals surface area contributed by atoms with Crippen LogP contribution in [0.1, 0.15) is 70.8 Å². The Bertz CT molecular complexity index is 439. The van der Waals surface area contributed by atoms with Gasteiger partial charge in [-0.05, 0) is 31.0 Å². The maximum absolute atomic E-state index is 9.05. The van der Waals surface area contributed by atoms with Gasteiger partial charge in [0, 0.05) is 6.54 Å². The zero-order valence-corrected chi connectivity index (χ0v) is 14.2. The van der Waals surface area contributed by atoms with Gasteiger partial charge in [0.05, 0.1) is 23.9 Å². The fraction of sp³-hybridized carbons (Fsp3) is 0.632. The Morgan fingerprint density at radius 2 is 1.73 bits per heavy atom. The predicted octanol–water partition coefficient (Wildman–Crippen LogP) is 5.46. The van der Waals surface area contributed by atoms with E-state index < -0.39 is 0 Å². The SMILES string of the molecule is CCCCCCON(CCCCCC)c1cccc(C#N)c1. The first-order chi connectivity index (χ1) is 10.8. The van der Waals surface area contributed by atoms with Crippen molar-refractivity contribution >= 4 is 5.69 Å². The number of hydrogen-bond acceptors (Lipinski definition) is 3. The maximum Gasteiger partial charge on any atom is 0.0992 e. The predicted molar refractivity (Wildman–Crippen MR) is 92.7 cm³/mol. The first-order valence-electron chi connectivity index (χ1n) is 8.72. The number of nitrogens with zero attached hydrogens (tertiary/aromatic N) is 2. The maximum atomic E-state index is 9.05. The fourth-order valence-electron chi connectivity index (χ4n) is 2.38. The van der Waals surface area contributed by atoms with E-state index in [2.05, 4.69) is 19.9 Å². The van der Waals surface area contributed by atoms with Crippen molar-refractivity contribution in [3.8, 4) is 6.07 Å². The quantitative estimate of drug-likeness (QED) is 0.380. The zero-order chi connectivity index (χ0) is 16.0. The van der Waals surface area contributed by atoms with E-state index in [4.69, 9.17) is 10.1 Å². The van der Waals surface area contributed by atoms with Crippen LogP contribution in [-0.4, -0.2) is 13.2 Å². The van der Waals surface area contributed by atoms with Crippen molar-refractivity contribution in [1.29, 1.82) is 5.26 Å². The highest BCUT2D eigenvalue weighted by Crippen LogP contribution is 2.18. The molecule has 1 aromatic rings. The van der Waals surface area contributed by atoms with Gasteiger partial charge >= 0.3 is 0 Å². The summed E-state index contributed by atoms with van der Waals surface area (Å²) in [7, 11) is 0. The van der Waals surface area contributed by atoms with Gasteiger partial charge < -0.3 is 0 Å². The molecule has 0 radical (unpaired) electrons. The molecule has 0 atom stereocenters. The van der Waals surface area contributed by atoms with Crippen LogP contribution in [0.25, 0.3) is 0 Å². The van der Waals surface area contributed by atoms with Crippen molar-refractivity contribution in [3.05, 3.63) is 29.8 Å². The van der Waals surface area contributed by atoms with Crippen molar-refractivity contribution in [2.75, 3.05) is 18.2 Å². The molecule has 0 unspecified atom stereocenters. The van der Waals surface area contributed by atoms with Crippen LogP contribution in [0.15, 0.2) is 24.3 Å². The third kappa shape index (κ3) is 7.47. The van der Waals surface area contributed by atoms with E-state index in [-0.39, 0.29) is 0 Å². The van der Waals surface area contributed by atoms with E-state index in [1.54, 1.807) is 0 Å². The Labute approximate surface area is 135 Å². The number of unbranched alkanes of at least 4 members (excludes halogenated alkanes) is 6. The Balaban J connectivity index is 2.54. The van der Waals surface area contributed by atoms with Crippen LogP contribution >= 0.6 is 0 Å². The van der Waals surface area contributed by atoms with Crippen LogP contribution < -0.4 is 5.06 Å². The highest BCUT2D eigenvalue weighted by Gasteiger charge is 2.08. The summed E-state index contributed by atoms with van der Waals surface area (Å²) in [6.07, 6.45) is 9.68. The lowest BCUT2D eigenvalue weighted by Crippen LogP contribution is -2.25. The molecular weight excluding hydrogens is 272 g/mol. The van der Waals surface area contributed by atoms with Gasteiger partial charge in [0.25, 0.3) is 0 Å². The summed E-state index contributed by atoms with van der Waals surface area (Å²) in [6.45, 7) is 6.08. The number of hydrogen-bond donors (Lipinski definition) is 0.